The third kappa shape index (κ3) is 301. The first kappa shape index (κ1) is 696. The Morgan fingerprint density at radius 3 is 0.375 bits per heavy atom. The van der Waals surface area contributed by atoms with Gasteiger partial charge in [0.05, 0.1) is 0 Å². The van der Waals surface area contributed by atoms with Crippen molar-refractivity contribution in [2.75, 3.05) is 0 Å². The van der Waals surface area contributed by atoms with Crippen LogP contribution in [0.5, 0.6) is 0 Å². The first-order chi connectivity index (χ1) is 0. The molecule has 0 aliphatic rings. The van der Waals surface area contributed by atoms with Crippen molar-refractivity contribution in [2.45, 2.75) is 0 Å². The van der Waals surface area contributed by atoms with E-state index >= 15 is 0 Å². The van der Waals surface area contributed by atoms with Crippen LogP contribution in [0.15, 0.2) is 0 Å². The molecule has 0 heterocycles. The van der Waals surface area contributed by atoms with Crippen molar-refractivity contribution >= 4 is 0 Å². The van der Waals surface area contributed by atoms with E-state index in [1.54, 1.807) is 0 Å². The van der Waals surface area contributed by atoms with Crippen LogP contribution in [0.25, 0.3) is 0 Å². The van der Waals surface area contributed by atoms with Gasteiger partial charge in [0.1, 0.15) is 0 Å². The third-order valence-corrected chi connectivity index (χ3v) is 0. The molecule has 0 saturated heterocycles. The molecule has 0 aliphatic carbocycles. The minimum atomic E-state index is 0. The molecule has 0 radical (unpaired) electrons. The van der Waals surface area contributed by atoms with Crippen molar-refractivity contribution in [1.82, 2.24) is 0 Å². The topological polar surface area (TPSA) is 0 Å². The molecule has 0 aromatic heterocycles. The van der Waals surface area contributed by atoms with E-state index in [0.29, 0.717) is 0 Å². The summed E-state index contributed by atoms with van der Waals surface area (Å²) in [5, 5.41) is 0. The van der Waals surface area contributed by atoms with E-state index in [1.165, 1.54) is 0 Å². The smallest absolute Gasteiger partial charge is 1.00 e. The molecule has 0 spiro atoms. The van der Waals surface area contributed by atoms with Crippen LogP contribution in [-0.4, -0.2) is 0 Å². The van der Waals surface area contributed by atoms with Crippen LogP contribution < -0.4 is 47.1 Å². The second-order valence-corrected chi connectivity index (χ2v) is 0. The van der Waals surface area contributed by atoms with Gasteiger partial charge >= 0.3 is 40.6 Å². The Hall–Kier alpha value is 0.892. The van der Waals surface area contributed by atoms with Gasteiger partial charge in [-0.05, 0) is 0 Å². The molecule has 8 heavy (non-hydrogen) atoms. The van der Waals surface area contributed by atoms with Crippen molar-refractivity contribution < 1.29 is 68.8 Å². The fourth-order valence-corrected chi connectivity index (χ4v) is 0. The third-order valence-electron chi connectivity index (χ3n) is 0. The molecule has 0 aromatic carbocycles. The molecule has 0 fully saturated rings. The van der Waals surface area contributed by atoms with Crippen molar-refractivity contribution in [3.8, 4) is 0 Å². The standard InChI is InChI=1S/6FH.Li.Ti/h6*1H;;/q;;;;;;+1;+2/p-6. The molecule has 0 atom stereocenters. The van der Waals surface area contributed by atoms with Gasteiger partial charge in [0.2, 0.25) is 0 Å². The second-order valence-electron chi connectivity index (χ2n) is 0. The van der Waals surface area contributed by atoms with E-state index in [2.05, 4.69) is 0 Å². The molecule has 0 saturated carbocycles. The van der Waals surface area contributed by atoms with Crippen molar-refractivity contribution in [3.05, 3.63) is 0 Å². The van der Waals surface area contributed by atoms with Crippen LogP contribution in [0.4, 0.5) is 0 Å². The minimum absolute atomic E-state index is 0. The van der Waals surface area contributed by atoms with Crippen LogP contribution in [0.1, 0.15) is 0 Å². The summed E-state index contributed by atoms with van der Waals surface area (Å²) in [5.41, 5.74) is 0. The first-order valence-electron chi connectivity index (χ1n) is 0. The Morgan fingerprint density at radius 1 is 0.375 bits per heavy atom. The molecule has 0 rings (SSSR count). The summed E-state index contributed by atoms with van der Waals surface area (Å²) in [6.45, 7) is 0. The number of hydrogen-bond donors (Lipinski definition) is 0. The average Bonchev–Trinajstić information content (AvgIpc) is 0. The first-order valence-corrected chi connectivity index (χ1v) is 0. The quantitative estimate of drug-likeness (QED) is 0.249. The Morgan fingerprint density at radius 2 is 0.375 bits per heavy atom. The van der Waals surface area contributed by atoms with Gasteiger partial charge in [-0.25, -0.2) is 0 Å². The second kappa shape index (κ2) is 471. The zero-order valence-corrected chi connectivity index (χ0v) is 5.33. The molecular weight excluding hydrogens is 169 g/mol. The van der Waals surface area contributed by atoms with Gasteiger partial charge in [-0.3, -0.25) is 0 Å². The van der Waals surface area contributed by atoms with Gasteiger partial charge in [0.15, 0.2) is 0 Å². The summed E-state index contributed by atoms with van der Waals surface area (Å²) in [6.07, 6.45) is 0. The fraction of sp³-hybridized carbons (Fsp3) is 0. The van der Waals surface area contributed by atoms with Gasteiger partial charge < -0.3 is 28.2 Å². The maximum atomic E-state index is 0. The van der Waals surface area contributed by atoms with Crippen LogP contribution in [0.3, 0.4) is 0 Å². The molecule has 8 heteroatoms. The van der Waals surface area contributed by atoms with Crippen molar-refractivity contribution in [2.24, 2.45) is 0 Å². The Labute approximate surface area is 69.0 Å². The normalized spacial score (nSPS) is 0. The summed E-state index contributed by atoms with van der Waals surface area (Å²) in [7, 11) is 0. The molecule has 0 unspecified atom stereocenters. The average molecular weight is 169 g/mol. The predicted molar refractivity (Wildman–Crippen MR) is 0 cm³/mol. The molecule has 0 aliphatic heterocycles. The van der Waals surface area contributed by atoms with Crippen LogP contribution in [0.2, 0.25) is 0 Å². The zero-order valence-electron chi connectivity index (χ0n) is 3.77. The summed E-state index contributed by atoms with van der Waals surface area (Å²) in [5.74, 6) is 0. The Kier molecular flexibility index (Phi) is 41000. The number of hydrogen-bond acceptors (Lipinski definition) is 0. The Bertz CT molecular complexity index is 8.49. The summed E-state index contributed by atoms with van der Waals surface area (Å²) in [4.78, 5) is 0. The molecular formula is F6LiTi-3. The van der Waals surface area contributed by atoms with Gasteiger partial charge in [-0.15, -0.1) is 0 Å². The predicted octanol–water partition coefficient (Wildman–Crippen LogP) is -21.0. The van der Waals surface area contributed by atoms with Gasteiger partial charge in [0.25, 0.3) is 0 Å². The van der Waals surface area contributed by atoms with E-state index in [1.807, 2.05) is 0 Å². The fourth-order valence-electron chi connectivity index (χ4n) is 0. The SMILES string of the molecule is [F-].[F-].[F-].[F-].[F-].[F-].[Li+].[Ti+2]. The minimum Gasteiger partial charge on any atom is -1.00 e. The number of halogens is 6. The Balaban J connectivity index is 0. The van der Waals surface area contributed by atoms with Gasteiger partial charge in [-0.2, -0.15) is 0 Å². The van der Waals surface area contributed by atoms with Crippen molar-refractivity contribution in [3.63, 3.8) is 0 Å². The zero-order chi connectivity index (χ0) is 0. The van der Waals surface area contributed by atoms with E-state index in [9.17, 15) is 0 Å². The number of rotatable bonds is 0. The molecule has 0 amide bonds. The molecule has 50 valence electrons. The molecule has 0 bridgehead atoms. The van der Waals surface area contributed by atoms with E-state index in [0.717, 1.165) is 0 Å². The largest absolute Gasteiger partial charge is 2.00 e. The summed E-state index contributed by atoms with van der Waals surface area (Å²) in [6, 6.07) is 0. The molecule has 0 aromatic rings. The van der Waals surface area contributed by atoms with Crippen LogP contribution >= 0.6 is 0 Å². The maximum Gasteiger partial charge on any atom is 2.00 e. The van der Waals surface area contributed by atoms with E-state index in [4.69, 9.17) is 0 Å². The monoisotopic (exact) mass is 169 g/mol. The molecule has 0 nitrogen and oxygen atoms in total. The van der Waals surface area contributed by atoms with E-state index < -0.39 is 0 Å². The van der Waals surface area contributed by atoms with E-state index in [-0.39, 0.29) is 68.8 Å². The van der Waals surface area contributed by atoms with Crippen molar-refractivity contribution in [1.29, 1.82) is 0 Å². The summed E-state index contributed by atoms with van der Waals surface area (Å²) < 4.78 is 0. The molecule has 0 N–H and O–H groups in total. The van der Waals surface area contributed by atoms with Gasteiger partial charge in [0, 0.05) is 0 Å². The summed E-state index contributed by atoms with van der Waals surface area (Å²) >= 11 is 0. The maximum absolute atomic E-state index is 0. The van der Waals surface area contributed by atoms with Gasteiger partial charge in [-0.1, -0.05) is 0 Å². The van der Waals surface area contributed by atoms with Crippen LogP contribution in [-0.2, 0) is 21.7 Å². The van der Waals surface area contributed by atoms with Crippen LogP contribution in [0, 0.1) is 0 Å².